The maximum absolute atomic E-state index is 5.93. The van der Waals surface area contributed by atoms with Crippen LogP contribution in [0.3, 0.4) is 0 Å². The molecule has 0 saturated carbocycles. The zero-order valence-corrected chi connectivity index (χ0v) is 11.4. The molecule has 1 unspecified atom stereocenters. The van der Waals surface area contributed by atoms with Gasteiger partial charge < -0.3 is 5.32 Å². The first kappa shape index (κ1) is 12.6. The minimum atomic E-state index is 0.414. The van der Waals surface area contributed by atoms with Crippen LogP contribution in [0.15, 0.2) is 42.5 Å². The van der Waals surface area contributed by atoms with Crippen LogP contribution in [-0.4, -0.2) is 7.05 Å². The number of benzene rings is 1. The van der Waals surface area contributed by atoms with E-state index in [1.54, 1.807) is 11.3 Å². The first-order valence-electron chi connectivity index (χ1n) is 5.76. The minimum absolute atomic E-state index is 0.414. The highest BCUT2D eigenvalue weighted by Crippen LogP contribution is 2.25. The Labute approximate surface area is 111 Å². The Morgan fingerprint density at radius 1 is 1.18 bits per heavy atom. The van der Waals surface area contributed by atoms with Crippen LogP contribution in [0, 0.1) is 0 Å². The summed E-state index contributed by atoms with van der Waals surface area (Å²) in [6, 6.07) is 15.1. The Morgan fingerprint density at radius 3 is 2.53 bits per heavy atom. The molecule has 1 atom stereocenters. The van der Waals surface area contributed by atoms with E-state index in [1.165, 1.54) is 10.4 Å². The number of hydrogen-bond acceptors (Lipinski definition) is 2. The lowest BCUT2D eigenvalue weighted by Crippen LogP contribution is -2.16. The zero-order chi connectivity index (χ0) is 12.1. The van der Waals surface area contributed by atoms with Crippen LogP contribution in [0.5, 0.6) is 0 Å². The maximum Gasteiger partial charge on any atom is 0.0931 e. The molecule has 0 aliphatic carbocycles. The van der Waals surface area contributed by atoms with Crippen molar-refractivity contribution >= 4 is 22.9 Å². The van der Waals surface area contributed by atoms with Crippen LogP contribution < -0.4 is 5.32 Å². The molecule has 2 rings (SSSR count). The fourth-order valence-corrected chi connectivity index (χ4v) is 3.04. The van der Waals surface area contributed by atoms with E-state index in [2.05, 4.69) is 41.7 Å². The molecule has 90 valence electrons. The molecular weight excluding hydrogens is 250 g/mol. The van der Waals surface area contributed by atoms with Crippen LogP contribution in [-0.2, 0) is 6.42 Å². The molecule has 0 saturated heterocycles. The number of rotatable bonds is 5. The number of nitrogens with one attached hydrogen (secondary N) is 1. The molecule has 1 aromatic carbocycles. The molecule has 1 aromatic heterocycles. The maximum atomic E-state index is 5.93. The summed E-state index contributed by atoms with van der Waals surface area (Å²) in [5, 5.41) is 3.37. The van der Waals surface area contributed by atoms with Crippen molar-refractivity contribution < 1.29 is 0 Å². The van der Waals surface area contributed by atoms with Crippen molar-refractivity contribution in [2.24, 2.45) is 0 Å². The lowest BCUT2D eigenvalue weighted by Gasteiger charge is -2.15. The predicted molar refractivity (Wildman–Crippen MR) is 75.9 cm³/mol. The molecule has 0 bridgehead atoms. The molecule has 1 nitrogen and oxygen atoms in total. The fourth-order valence-electron chi connectivity index (χ4n) is 1.94. The molecule has 17 heavy (non-hydrogen) atoms. The van der Waals surface area contributed by atoms with Crippen molar-refractivity contribution in [2.75, 3.05) is 7.05 Å². The van der Waals surface area contributed by atoms with Gasteiger partial charge in [0.1, 0.15) is 0 Å². The van der Waals surface area contributed by atoms with E-state index in [4.69, 9.17) is 11.6 Å². The second-order valence-corrected chi connectivity index (χ2v) is 5.80. The Kier molecular flexibility index (Phi) is 4.60. The van der Waals surface area contributed by atoms with E-state index >= 15 is 0 Å². The van der Waals surface area contributed by atoms with E-state index in [0.717, 1.165) is 17.2 Å². The number of hydrogen-bond donors (Lipinski definition) is 1. The van der Waals surface area contributed by atoms with Crippen LogP contribution >= 0.6 is 22.9 Å². The van der Waals surface area contributed by atoms with Crippen molar-refractivity contribution in [1.29, 1.82) is 0 Å². The first-order valence-corrected chi connectivity index (χ1v) is 6.95. The van der Waals surface area contributed by atoms with Gasteiger partial charge in [-0.25, -0.2) is 0 Å². The number of halogens is 1. The Bertz CT molecular complexity index is 452. The molecule has 0 aliphatic rings. The molecular formula is C14H16ClNS. The van der Waals surface area contributed by atoms with Gasteiger partial charge in [-0.2, -0.15) is 0 Å². The molecule has 0 radical (unpaired) electrons. The lowest BCUT2D eigenvalue weighted by molar-refractivity contribution is 0.551. The van der Waals surface area contributed by atoms with Gasteiger partial charge >= 0.3 is 0 Å². The van der Waals surface area contributed by atoms with Crippen LogP contribution in [0.2, 0.25) is 4.34 Å². The van der Waals surface area contributed by atoms with E-state index in [-0.39, 0.29) is 0 Å². The second kappa shape index (κ2) is 6.20. The molecule has 3 heteroatoms. The summed E-state index contributed by atoms with van der Waals surface area (Å²) >= 11 is 7.60. The van der Waals surface area contributed by atoms with Crippen molar-refractivity contribution in [2.45, 2.75) is 18.9 Å². The largest absolute Gasteiger partial charge is 0.313 e. The Morgan fingerprint density at radius 2 is 1.94 bits per heavy atom. The summed E-state index contributed by atoms with van der Waals surface area (Å²) in [6.07, 6.45) is 2.16. The van der Waals surface area contributed by atoms with Gasteiger partial charge in [-0.05, 0) is 37.6 Å². The number of aryl methyl sites for hydroxylation is 1. The smallest absolute Gasteiger partial charge is 0.0931 e. The third-order valence-electron chi connectivity index (χ3n) is 2.86. The third-order valence-corrected chi connectivity index (χ3v) is 4.15. The van der Waals surface area contributed by atoms with E-state index in [9.17, 15) is 0 Å². The van der Waals surface area contributed by atoms with Crippen molar-refractivity contribution in [3.8, 4) is 0 Å². The highest BCUT2D eigenvalue weighted by molar-refractivity contribution is 7.16. The van der Waals surface area contributed by atoms with Gasteiger partial charge in [-0.15, -0.1) is 11.3 Å². The van der Waals surface area contributed by atoms with Crippen molar-refractivity contribution in [1.82, 2.24) is 5.32 Å². The molecule has 1 N–H and O–H groups in total. The zero-order valence-electron chi connectivity index (χ0n) is 9.82. The van der Waals surface area contributed by atoms with E-state index in [0.29, 0.717) is 6.04 Å². The summed E-state index contributed by atoms with van der Waals surface area (Å²) in [5.41, 5.74) is 1.35. The summed E-state index contributed by atoms with van der Waals surface area (Å²) < 4.78 is 0.876. The molecule has 0 aliphatic heterocycles. The molecule has 1 heterocycles. The van der Waals surface area contributed by atoms with Crippen LogP contribution in [0.4, 0.5) is 0 Å². The van der Waals surface area contributed by atoms with Gasteiger partial charge in [0.15, 0.2) is 0 Å². The van der Waals surface area contributed by atoms with Gasteiger partial charge in [0.05, 0.1) is 4.34 Å². The molecule has 0 amide bonds. The van der Waals surface area contributed by atoms with Crippen molar-refractivity contribution in [3.63, 3.8) is 0 Å². The SMILES string of the molecule is CNC(CCc1ccc(Cl)s1)c1ccccc1. The van der Waals surface area contributed by atoms with Gasteiger partial charge in [0, 0.05) is 10.9 Å². The topological polar surface area (TPSA) is 12.0 Å². The van der Waals surface area contributed by atoms with E-state index in [1.807, 2.05) is 13.1 Å². The molecule has 0 fully saturated rings. The van der Waals surface area contributed by atoms with Crippen LogP contribution in [0.25, 0.3) is 0 Å². The normalized spacial score (nSPS) is 12.6. The predicted octanol–water partition coefficient (Wildman–Crippen LogP) is 4.29. The monoisotopic (exact) mass is 265 g/mol. The third kappa shape index (κ3) is 3.56. The number of thiophene rings is 1. The van der Waals surface area contributed by atoms with Gasteiger partial charge in [-0.3, -0.25) is 0 Å². The van der Waals surface area contributed by atoms with Gasteiger partial charge in [0.2, 0.25) is 0 Å². The van der Waals surface area contributed by atoms with E-state index < -0.39 is 0 Å². The quantitative estimate of drug-likeness (QED) is 0.850. The van der Waals surface area contributed by atoms with Gasteiger partial charge in [-0.1, -0.05) is 41.9 Å². The second-order valence-electron chi connectivity index (χ2n) is 4.00. The fraction of sp³-hybridized carbons (Fsp3) is 0.286. The first-order chi connectivity index (χ1) is 8.29. The lowest BCUT2D eigenvalue weighted by atomic mass is 10.0. The summed E-state index contributed by atoms with van der Waals surface area (Å²) in [7, 11) is 2.01. The Balaban J connectivity index is 1.97. The molecule has 2 aromatic rings. The van der Waals surface area contributed by atoms with Crippen molar-refractivity contribution in [3.05, 3.63) is 57.2 Å². The standard InChI is InChI=1S/C14H16ClNS/c1-16-13(11-5-3-2-4-6-11)9-7-12-8-10-14(15)17-12/h2-6,8,10,13,16H,7,9H2,1H3. The Hall–Kier alpha value is -0.830. The van der Waals surface area contributed by atoms with Gasteiger partial charge in [0.25, 0.3) is 0 Å². The summed E-state index contributed by atoms with van der Waals surface area (Å²) in [6.45, 7) is 0. The summed E-state index contributed by atoms with van der Waals surface area (Å²) in [5.74, 6) is 0. The minimum Gasteiger partial charge on any atom is -0.313 e. The highest BCUT2D eigenvalue weighted by atomic mass is 35.5. The average Bonchev–Trinajstić information content (AvgIpc) is 2.77. The molecule has 0 spiro atoms. The summed E-state index contributed by atoms with van der Waals surface area (Å²) in [4.78, 5) is 1.35. The average molecular weight is 266 g/mol. The van der Waals surface area contributed by atoms with Crippen LogP contribution in [0.1, 0.15) is 22.9 Å². The highest BCUT2D eigenvalue weighted by Gasteiger charge is 2.09.